The van der Waals surface area contributed by atoms with Gasteiger partial charge >= 0.3 is 0 Å². The number of hydrogen-bond donors (Lipinski definition) is 1. The fourth-order valence-corrected chi connectivity index (χ4v) is 1.62. The highest BCUT2D eigenvalue weighted by Crippen LogP contribution is 2.08. The van der Waals surface area contributed by atoms with Gasteiger partial charge in [0.2, 0.25) is 0 Å². The summed E-state index contributed by atoms with van der Waals surface area (Å²) in [5.74, 6) is 6.74. The maximum absolute atomic E-state index is 11.9. The molecular formula is C13H12N2OS. The van der Waals surface area contributed by atoms with Gasteiger partial charge < -0.3 is 4.57 Å². The van der Waals surface area contributed by atoms with Crippen molar-refractivity contribution in [2.24, 2.45) is 7.05 Å². The summed E-state index contributed by atoms with van der Waals surface area (Å²) >= 11 is 4.09. The van der Waals surface area contributed by atoms with Crippen LogP contribution in [0.5, 0.6) is 0 Å². The van der Waals surface area contributed by atoms with E-state index in [1.54, 1.807) is 13.1 Å². The Labute approximate surface area is 105 Å². The van der Waals surface area contributed by atoms with E-state index >= 15 is 0 Å². The lowest BCUT2D eigenvalue weighted by Gasteiger charge is -2.00. The summed E-state index contributed by atoms with van der Waals surface area (Å²) in [6.07, 6.45) is 2.27. The Morgan fingerprint density at radius 2 is 2.29 bits per heavy atom. The minimum Gasteiger partial charge on any atom is -0.302 e. The summed E-state index contributed by atoms with van der Waals surface area (Å²) in [6.45, 7) is 0. The second-order valence-corrected chi connectivity index (χ2v) is 4.12. The van der Waals surface area contributed by atoms with Crippen LogP contribution < -0.4 is 5.56 Å². The highest BCUT2D eigenvalue weighted by atomic mass is 32.1. The van der Waals surface area contributed by atoms with Gasteiger partial charge in [-0.2, -0.15) is 12.6 Å². The van der Waals surface area contributed by atoms with Crippen molar-refractivity contribution in [2.75, 3.05) is 5.75 Å². The lowest BCUT2D eigenvalue weighted by Crippen LogP contribution is -2.16. The van der Waals surface area contributed by atoms with E-state index in [1.165, 1.54) is 10.9 Å². The second kappa shape index (κ2) is 5.07. The van der Waals surface area contributed by atoms with Crippen molar-refractivity contribution in [1.29, 1.82) is 0 Å². The van der Waals surface area contributed by atoms with Gasteiger partial charge in [0.1, 0.15) is 0 Å². The third kappa shape index (κ3) is 2.51. The monoisotopic (exact) mass is 244 g/mol. The molecule has 0 aliphatic carbocycles. The number of hydrogen-bond acceptors (Lipinski definition) is 3. The molecule has 0 spiro atoms. The van der Waals surface area contributed by atoms with E-state index in [9.17, 15) is 4.79 Å². The largest absolute Gasteiger partial charge is 0.302 e. The molecule has 4 heteroatoms. The van der Waals surface area contributed by atoms with Gasteiger partial charge in [0, 0.05) is 24.8 Å². The van der Waals surface area contributed by atoms with Crippen LogP contribution in [0.2, 0.25) is 0 Å². The van der Waals surface area contributed by atoms with Gasteiger partial charge in [-0.25, -0.2) is 4.98 Å². The van der Waals surface area contributed by atoms with E-state index in [-0.39, 0.29) is 5.56 Å². The van der Waals surface area contributed by atoms with Crippen molar-refractivity contribution in [1.82, 2.24) is 9.55 Å². The number of benzene rings is 1. The third-order valence-corrected chi connectivity index (χ3v) is 2.61. The topological polar surface area (TPSA) is 34.9 Å². The van der Waals surface area contributed by atoms with Gasteiger partial charge in [0.25, 0.3) is 5.56 Å². The average Bonchev–Trinajstić information content (AvgIpc) is 2.35. The van der Waals surface area contributed by atoms with Crippen LogP contribution in [-0.4, -0.2) is 15.3 Å². The van der Waals surface area contributed by atoms with Gasteiger partial charge in [-0.05, 0) is 18.2 Å². The van der Waals surface area contributed by atoms with E-state index in [2.05, 4.69) is 29.5 Å². The van der Waals surface area contributed by atoms with Gasteiger partial charge in [-0.3, -0.25) is 4.79 Å². The van der Waals surface area contributed by atoms with Gasteiger partial charge in [-0.15, -0.1) is 0 Å². The van der Waals surface area contributed by atoms with E-state index in [1.807, 2.05) is 12.1 Å². The van der Waals surface area contributed by atoms with E-state index in [4.69, 9.17) is 0 Å². The highest BCUT2D eigenvalue weighted by Gasteiger charge is 2.01. The molecule has 0 saturated heterocycles. The average molecular weight is 244 g/mol. The molecule has 0 saturated carbocycles. The van der Waals surface area contributed by atoms with Crippen molar-refractivity contribution in [3.63, 3.8) is 0 Å². The van der Waals surface area contributed by atoms with Crippen molar-refractivity contribution < 1.29 is 0 Å². The molecular weight excluding hydrogens is 232 g/mol. The molecule has 0 N–H and O–H groups in total. The number of thiol groups is 1. The molecule has 1 aromatic heterocycles. The standard InChI is InChI=1S/C13H12N2OS/c1-15-9-14-12-6-5-10(4-2-3-7-17)8-11(12)13(15)16/h5-6,8-9,17H,3,7H2,1H3. The lowest BCUT2D eigenvalue weighted by atomic mass is 10.1. The first kappa shape index (κ1) is 11.7. The minimum absolute atomic E-state index is 0.0483. The maximum Gasteiger partial charge on any atom is 0.260 e. The Kier molecular flexibility index (Phi) is 3.50. The molecule has 1 heterocycles. The van der Waals surface area contributed by atoms with Crippen LogP contribution in [0.3, 0.4) is 0 Å². The predicted octanol–water partition coefficient (Wildman–Crippen LogP) is 1.60. The first-order valence-electron chi connectivity index (χ1n) is 5.27. The molecule has 0 fully saturated rings. The molecule has 2 aromatic rings. The minimum atomic E-state index is -0.0483. The number of aryl methyl sites for hydroxylation is 1. The zero-order valence-electron chi connectivity index (χ0n) is 9.47. The third-order valence-electron chi connectivity index (χ3n) is 2.39. The zero-order chi connectivity index (χ0) is 12.3. The molecule has 0 atom stereocenters. The summed E-state index contributed by atoms with van der Waals surface area (Å²) in [6, 6.07) is 5.48. The zero-order valence-corrected chi connectivity index (χ0v) is 10.4. The van der Waals surface area contributed by atoms with Crippen LogP contribution in [0, 0.1) is 11.8 Å². The fraction of sp³-hybridized carbons (Fsp3) is 0.231. The first-order chi connectivity index (χ1) is 8.22. The SMILES string of the molecule is Cn1cnc2ccc(C#CCCS)cc2c1=O. The van der Waals surface area contributed by atoms with Crippen LogP contribution in [0.15, 0.2) is 29.3 Å². The molecule has 3 nitrogen and oxygen atoms in total. The maximum atomic E-state index is 11.9. The van der Waals surface area contributed by atoms with Crippen LogP contribution >= 0.6 is 12.6 Å². The van der Waals surface area contributed by atoms with Gasteiger partial charge in [-0.1, -0.05) is 11.8 Å². The quantitative estimate of drug-likeness (QED) is 0.611. The van der Waals surface area contributed by atoms with Crippen LogP contribution in [-0.2, 0) is 7.05 Å². The summed E-state index contributed by atoms with van der Waals surface area (Å²) < 4.78 is 1.47. The normalized spacial score (nSPS) is 10.0. The van der Waals surface area contributed by atoms with Crippen molar-refractivity contribution in [2.45, 2.75) is 6.42 Å². The first-order valence-corrected chi connectivity index (χ1v) is 5.91. The number of aromatic nitrogens is 2. The fourth-order valence-electron chi connectivity index (χ4n) is 1.51. The van der Waals surface area contributed by atoms with Crippen LogP contribution in [0.25, 0.3) is 10.9 Å². The summed E-state index contributed by atoms with van der Waals surface area (Å²) in [5, 5.41) is 0.604. The summed E-state index contributed by atoms with van der Waals surface area (Å²) in [5.41, 5.74) is 1.49. The molecule has 0 unspecified atom stereocenters. The van der Waals surface area contributed by atoms with Gasteiger partial charge in [0.15, 0.2) is 0 Å². The number of nitrogens with zero attached hydrogens (tertiary/aromatic N) is 2. The summed E-state index contributed by atoms with van der Waals surface area (Å²) in [4.78, 5) is 16.1. The van der Waals surface area contributed by atoms with Crippen LogP contribution in [0.4, 0.5) is 0 Å². The number of rotatable bonds is 1. The number of fused-ring (bicyclic) bond motifs is 1. The molecule has 0 radical (unpaired) electrons. The lowest BCUT2D eigenvalue weighted by molar-refractivity contribution is 0.843. The molecule has 0 amide bonds. The highest BCUT2D eigenvalue weighted by molar-refractivity contribution is 7.80. The molecule has 0 bridgehead atoms. The molecule has 86 valence electrons. The van der Waals surface area contributed by atoms with Crippen LogP contribution in [0.1, 0.15) is 12.0 Å². The second-order valence-electron chi connectivity index (χ2n) is 3.67. The molecule has 0 aliphatic heterocycles. The smallest absolute Gasteiger partial charge is 0.260 e. The predicted molar refractivity (Wildman–Crippen MR) is 72.3 cm³/mol. The molecule has 2 rings (SSSR count). The Hall–Kier alpha value is -1.73. The molecule has 1 aromatic carbocycles. The van der Waals surface area contributed by atoms with Crippen molar-refractivity contribution in [3.8, 4) is 11.8 Å². The van der Waals surface area contributed by atoms with E-state index in [0.29, 0.717) is 10.9 Å². The van der Waals surface area contributed by atoms with Gasteiger partial charge in [0.05, 0.1) is 17.2 Å². The Morgan fingerprint density at radius 3 is 3.06 bits per heavy atom. The Bertz CT molecular complexity index is 664. The van der Waals surface area contributed by atoms with Crippen molar-refractivity contribution in [3.05, 3.63) is 40.4 Å². The molecule has 17 heavy (non-hydrogen) atoms. The summed E-state index contributed by atoms with van der Waals surface area (Å²) in [7, 11) is 1.69. The molecule has 0 aliphatic rings. The van der Waals surface area contributed by atoms with E-state index in [0.717, 1.165) is 17.7 Å². The van der Waals surface area contributed by atoms with E-state index < -0.39 is 0 Å². The Balaban J connectivity index is 2.54. The van der Waals surface area contributed by atoms with Crippen molar-refractivity contribution >= 4 is 23.5 Å². The Morgan fingerprint density at radius 1 is 1.47 bits per heavy atom.